The van der Waals surface area contributed by atoms with Gasteiger partial charge in [0.2, 0.25) is 0 Å². The molecule has 0 aliphatic carbocycles. The third-order valence-electron chi connectivity index (χ3n) is 1.06. The molecule has 0 spiro atoms. The van der Waals surface area contributed by atoms with Gasteiger partial charge in [-0.15, -0.1) is 0 Å². The van der Waals surface area contributed by atoms with Gasteiger partial charge in [-0.3, -0.25) is 0 Å². The van der Waals surface area contributed by atoms with Crippen LogP contribution in [0.3, 0.4) is 0 Å². The van der Waals surface area contributed by atoms with Crippen LogP contribution in [0.1, 0.15) is 0 Å². The minimum absolute atomic E-state index is 0.280. The van der Waals surface area contributed by atoms with Crippen molar-refractivity contribution >= 4 is 0 Å². The van der Waals surface area contributed by atoms with Crippen LogP contribution in [0.5, 0.6) is 0 Å². The summed E-state index contributed by atoms with van der Waals surface area (Å²) in [6, 6.07) is 0. The van der Waals surface area contributed by atoms with Crippen LogP contribution in [0.4, 0.5) is 0 Å². The Morgan fingerprint density at radius 1 is 1.78 bits per heavy atom. The molecule has 0 saturated carbocycles. The van der Waals surface area contributed by atoms with E-state index in [0.717, 1.165) is 11.2 Å². The number of quaternary nitrogens is 1. The van der Waals surface area contributed by atoms with Crippen LogP contribution in [0.25, 0.3) is 5.84 Å². The van der Waals surface area contributed by atoms with E-state index in [4.69, 9.17) is 10.7 Å². The molecular weight excluding hydrogens is 233 g/mol. The van der Waals surface area contributed by atoms with Crippen molar-refractivity contribution in [2.24, 2.45) is 0 Å². The fourth-order valence-electron chi connectivity index (χ4n) is 0.541. The third-order valence-corrected chi connectivity index (χ3v) is 3.77. The topological polar surface area (TPSA) is 40.7 Å². The van der Waals surface area contributed by atoms with Crippen molar-refractivity contribution in [1.29, 1.82) is 0 Å². The second-order valence-electron chi connectivity index (χ2n) is 1.85. The molecule has 0 radical (unpaired) electrons. The Balaban J connectivity index is 2.32. The molecule has 1 fully saturated rings. The summed E-state index contributed by atoms with van der Waals surface area (Å²) in [5.74, 6) is 7.26. The Bertz CT molecular complexity index is 81.9. The van der Waals surface area contributed by atoms with Gasteiger partial charge in [0.1, 0.15) is 0 Å². The molecule has 1 heterocycles. The van der Waals surface area contributed by atoms with Crippen LogP contribution in [0.2, 0.25) is 0 Å². The molecule has 0 amide bonds. The Hall–Kier alpha value is 0.570. The molecule has 4 nitrogen and oxygen atoms in total. The average molecular weight is 244 g/mol. The van der Waals surface area contributed by atoms with Crippen molar-refractivity contribution in [1.82, 2.24) is 5.01 Å². The maximum absolute atomic E-state index is 7.26. The SMILES string of the molecule is CN1C[I-]CCO[NH+]1[NH-]. The van der Waals surface area contributed by atoms with Gasteiger partial charge in [-0.2, -0.15) is 0 Å². The number of hydrogen-bond donors (Lipinski definition) is 1. The van der Waals surface area contributed by atoms with E-state index in [-0.39, 0.29) is 21.2 Å². The van der Waals surface area contributed by atoms with Gasteiger partial charge >= 0.3 is 64.8 Å². The molecule has 1 saturated heterocycles. The minimum atomic E-state index is 0.280. The van der Waals surface area contributed by atoms with Crippen LogP contribution in [-0.2, 0) is 4.84 Å². The zero-order chi connectivity index (χ0) is 6.69. The van der Waals surface area contributed by atoms with Gasteiger partial charge in [-0.05, 0) is 0 Å². The summed E-state index contributed by atoms with van der Waals surface area (Å²) >= 11 is 0.280. The molecule has 1 rings (SSSR count). The van der Waals surface area contributed by atoms with Crippen molar-refractivity contribution in [2.45, 2.75) is 0 Å². The van der Waals surface area contributed by atoms with Crippen molar-refractivity contribution in [3.05, 3.63) is 5.84 Å². The summed E-state index contributed by atoms with van der Waals surface area (Å²) in [7, 11) is 1.91. The van der Waals surface area contributed by atoms with E-state index in [0.29, 0.717) is 5.28 Å². The zero-order valence-corrected chi connectivity index (χ0v) is 7.51. The Labute approximate surface area is 65.1 Å². The fraction of sp³-hybridized carbons (Fsp3) is 1.00. The van der Waals surface area contributed by atoms with E-state index in [1.807, 2.05) is 12.1 Å². The number of nitrogens with one attached hydrogen (secondary N) is 2. The van der Waals surface area contributed by atoms with Crippen LogP contribution in [0, 0.1) is 0 Å². The molecule has 0 aromatic rings. The quantitative estimate of drug-likeness (QED) is 0.266. The summed E-state index contributed by atoms with van der Waals surface area (Å²) in [6.45, 7) is 0.760. The number of halogens is 1. The number of alkyl halides is 2. The second-order valence-corrected chi connectivity index (χ2v) is 4.69. The van der Waals surface area contributed by atoms with Crippen molar-refractivity contribution in [3.8, 4) is 0 Å². The van der Waals surface area contributed by atoms with E-state index in [2.05, 4.69) is 0 Å². The number of rotatable bonds is 0. The fourth-order valence-corrected chi connectivity index (χ4v) is 2.45. The molecule has 1 unspecified atom stereocenters. The summed E-state index contributed by atoms with van der Waals surface area (Å²) in [5, 5.41) is 2.22. The molecule has 1 aliphatic heterocycles. The molecule has 9 heavy (non-hydrogen) atoms. The Morgan fingerprint density at radius 2 is 2.56 bits per heavy atom. The average Bonchev–Trinajstić information content (AvgIpc) is 1.99. The normalized spacial score (nSPS) is 32.9. The van der Waals surface area contributed by atoms with Crippen molar-refractivity contribution in [2.75, 3.05) is 22.6 Å². The van der Waals surface area contributed by atoms with E-state index in [1.54, 1.807) is 0 Å². The summed E-state index contributed by atoms with van der Waals surface area (Å²) in [4.78, 5) is 5.05. The van der Waals surface area contributed by atoms with E-state index in [1.165, 1.54) is 4.43 Å². The van der Waals surface area contributed by atoms with Gasteiger partial charge in [0.15, 0.2) is 0 Å². The van der Waals surface area contributed by atoms with E-state index < -0.39 is 0 Å². The van der Waals surface area contributed by atoms with Gasteiger partial charge in [-0.1, -0.05) is 0 Å². The molecule has 5 heteroatoms. The predicted octanol–water partition coefficient (Wildman–Crippen LogP) is -4.32. The van der Waals surface area contributed by atoms with Gasteiger partial charge in [0.05, 0.1) is 0 Å². The van der Waals surface area contributed by atoms with Crippen molar-refractivity contribution < 1.29 is 31.3 Å². The van der Waals surface area contributed by atoms with Gasteiger partial charge < -0.3 is 0 Å². The number of nitrogens with zero attached hydrogens (tertiary/aromatic N) is 1. The van der Waals surface area contributed by atoms with Crippen LogP contribution in [-0.4, -0.2) is 27.6 Å². The summed E-state index contributed by atoms with van der Waals surface area (Å²) < 4.78 is 2.25. The first kappa shape index (κ1) is 7.67. The van der Waals surface area contributed by atoms with Crippen molar-refractivity contribution in [3.63, 3.8) is 0 Å². The molecular formula is C4H11IN3O-. The van der Waals surface area contributed by atoms with Gasteiger partial charge in [0, 0.05) is 0 Å². The van der Waals surface area contributed by atoms with Gasteiger partial charge in [-0.25, -0.2) is 0 Å². The first-order chi connectivity index (χ1) is 4.30. The Kier molecular flexibility index (Phi) is 3.13. The monoisotopic (exact) mass is 244 g/mol. The maximum atomic E-state index is 7.26. The first-order valence-corrected chi connectivity index (χ1v) is 5.82. The van der Waals surface area contributed by atoms with Gasteiger partial charge in [0.25, 0.3) is 0 Å². The molecule has 0 aromatic carbocycles. The molecule has 1 atom stereocenters. The van der Waals surface area contributed by atoms with E-state index in [9.17, 15) is 0 Å². The summed E-state index contributed by atoms with van der Waals surface area (Å²) in [5.41, 5.74) is 0. The van der Waals surface area contributed by atoms with Crippen LogP contribution >= 0.6 is 0 Å². The molecule has 0 bridgehead atoms. The Morgan fingerprint density at radius 3 is 3.33 bits per heavy atom. The number of hydrogen-bond acceptors (Lipinski definition) is 2. The van der Waals surface area contributed by atoms with Crippen LogP contribution in [0.15, 0.2) is 0 Å². The predicted molar refractivity (Wildman–Crippen MR) is 28.7 cm³/mol. The van der Waals surface area contributed by atoms with Crippen LogP contribution < -0.4 is 26.5 Å². The summed E-state index contributed by atoms with van der Waals surface area (Å²) in [6.07, 6.45) is 0. The molecule has 1 aliphatic rings. The third kappa shape index (κ3) is 2.34. The zero-order valence-electron chi connectivity index (χ0n) is 5.35. The molecule has 56 valence electrons. The molecule has 0 aromatic heterocycles. The second kappa shape index (κ2) is 3.67. The molecule has 2 N–H and O–H groups in total. The standard InChI is InChI=1S/C4H11IN3O/c1-7-4-5-2-3-9-8(7)6/h6,8H,2-4H2,1H3/q-1. The first-order valence-electron chi connectivity index (χ1n) is 2.76. The van der Waals surface area contributed by atoms with E-state index >= 15 is 0 Å².